The van der Waals surface area contributed by atoms with E-state index in [2.05, 4.69) is 11.6 Å². The van der Waals surface area contributed by atoms with Crippen LogP contribution in [0, 0.1) is 13.8 Å². The number of rotatable bonds is 9. The van der Waals surface area contributed by atoms with Gasteiger partial charge in [-0.2, -0.15) is 0 Å². The van der Waals surface area contributed by atoms with Crippen LogP contribution in [0.4, 0.5) is 5.69 Å². The van der Waals surface area contributed by atoms with Gasteiger partial charge in [-0.1, -0.05) is 31.5 Å². The lowest BCUT2D eigenvalue weighted by Gasteiger charge is -2.30. The number of carbonyl (C=O) groups is 1. The quantitative estimate of drug-likeness (QED) is 0.290. The maximum Gasteiger partial charge on any atom is 0.337 e. The first-order valence-electron chi connectivity index (χ1n) is 13.7. The number of hydrogen-bond donors (Lipinski definition) is 2. The number of sulfonamides is 1. The molecular formula is C32H39NO6S. The Balaban J connectivity index is 1.87. The van der Waals surface area contributed by atoms with Crippen molar-refractivity contribution < 1.29 is 27.8 Å². The number of nitrogens with one attached hydrogen (secondary N) is 1. The van der Waals surface area contributed by atoms with Crippen LogP contribution in [0.1, 0.15) is 74.5 Å². The number of carboxylic acid groups (broad SMARTS) is 1. The van der Waals surface area contributed by atoms with E-state index < -0.39 is 27.7 Å². The summed E-state index contributed by atoms with van der Waals surface area (Å²) in [5.74, 6) is -0.313. The standard InChI is InChI=1S/C32H39NO6S/c1-7-9-22-11-14-25(15-12-22)40(36,37)33-26-18-20(2)28(24-13-16-27-23(19-24)10-8-17-38-27)29(21(26)3)30(31(34)35)39-32(4,5)6/h11-16,18-19,30,33H,7-10,17H2,1-6H3,(H,34,35). The van der Waals surface area contributed by atoms with Gasteiger partial charge in [0.05, 0.1) is 22.8 Å². The zero-order chi connectivity index (χ0) is 29.2. The van der Waals surface area contributed by atoms with E-state index in [9.17, 15) is 18.3 Å². The molecule has 0 amide bonds. The summed E-state index contributed by atoms with van der Waals surface area (Å²) in [7, 11) is -3.93. The molecule has 8 heteroatoms. The largest absolute Gasteiger partial charge is 0.493 e. The number of anilines is 1. The Hall–Kier alpha value is -3.36. The van der Waals surface area contributed by atoms with Crippen molar-refractivity contribution in [3.05, 3.63) is 76.3 Å². The van der Waals surface area contributed by atoms with Crippen LogP contribution in [0.15, 0.2) is 53.4 Å². The van der Waals surface area contributed by atoms with Gasteiger partial charge in [0.1, 0.15) is 5.75 Å². The van der Waals surface area contributed by atoms with E-state index in [4.69, 9.17) is 9.47 Å². The molecule has 2 N–H and O–H groups in total. The van der Waals surface area contributed by atoms with Gasteiger partial charge in [0.15, 0.2) is 6.10 Å². The summed E-state index contributed by atoms with van der Waals surface area (Å²) in [4.78, 5) is 12.8. The first-order chi connectivity index (χ1) is 18.8. The van der Waals surface area contributed by atoms with Crippen LogP contribution < -0.4 is 9.46 Å². The van der Waals surface area contributed by atoms with Crippen molar-refractivity contribution in [2.24, 2.45) is 0 Å². The molecule has 214 valence electrons. The van der Waals surface area contributed by atoms with Crippen molar-refractivity contribution in [2.45, 2.75) is 83.8 Å². The summed E-state index contributed by atoms with van der Waals surface area (Å²) < 4.78 is 41.5. The van der Waals surface area contributed by atoms with Crippen molar-refractivity contribution in [1.82, 2.24) is 0 Å². The highest BCUT2D eigenvalue weighted by Gasteiger charge is 2.33. The highest BCUT2D eigenvalue weighted by atomic mass is 32.2. The summed E-state index contributed by atoms with van der Waals surface area (Å²) in [5.41, 5.74) is 4.90. The van der Waals surface area contributed by atoms with E-state index >= 15 is 0 Å². The number of fused-ring (bicyclic) bond motifs is 1. The zero-order valence-electron chi connectivity index (χ0n) is 24.1. The minimum atomic E-state index is -3.93. The topological polar surface area (TPSA) is 102 Å². The van der Waals surface area contributed by atoms with Crippen LogP contribution in [-0.2, 0) is 32.4 Å². The lowest BCUT2D eigenvalue weighted by molar-refractivity contribution is -0.160. The molecule has 0 fully saturated rings. The number of aryl methyl sites for hydroxylation is 3. The lowest BCUT2D eigenvalue weighted by atomic mass is 9.86. The molecule has 4 rings (SSSR count). The first-order valence-corrected chi connectivity index (χ1v) is 15.2. The maximum absolute atomic E-state index is 13.4. The zero-order valence-corrected chi connectivity index (χ0v) is 24.9. The average molecular weight is 566 g/mol. The van der Waals surface area contributed by atoms with Crippen LogP contribution in [0.5, 0.6) is 5.75 Å². The fraction of sp³-hybridized carbons (Fsp3) is 0.406. The van der Waals surface area contributed by atoms with Crippen molar-refractivity contribution in [2.75, 3.05) is 11.3 Å². The smallest absolute Gasteiger partial charge is 0.337 e. The predicted octanol–water partition coefficient (Wildman–Crippen LogP) is 6.99. The Labute approximate surface area is 237 Å². The van der Waals surface area contributed by atoms with Gasteiger partial charge in [-0.15, -0.1) is 0 Å². The van der Waals surface area contributed by atoms with Crippen molar-refractivity contribution >= 4 is 21.7 Å². The fourth-order valence-electron chi connectivity index (χ4n) is 5.19. The van der Waals surface area contributed by atoms with E-state index in [0.29, 0.717) is 23.4 Å². The first kappa shape index (κ1) is 29.6. The van der Waals surface area contributed by atoms with Gasteiger partial charge in [0.2, 0.25) is 0 Å². The molecule has 7 nitrogen and oxygen atoms in total. The molecule has 0 radical (unpaired) electrons. The second kappa shape index (κ2) is 11.6. The summed E-state index contributed by atoms with van der Waals surface area (Å²) in [6.45, 7) is 11.8. The summed E-state index contributed by atoms with van der Waals surface area (Å²) in [6, 6.07) is 14.5. The van der Waals surface area contributed by atoms with Gasteiger partial charge in [0.25, 0.3) is 10.0 Å². The van der Waals surface area contributed by atoms with E-state index in [1.54, 1.807) is 45.9 Å². The maximum atomic E-state index is 13.4. The predicted molar refractivity (Wildman–Crippen MR) is 158 cm³/mol. The van der Waals surface area contributed by atoms with Crippen molar-refractivity contribution in [3.63, 3.8) is 0 Å². The van der Waals surface area contributed by atoms with E-state index in [0.717, 1.165) is 59.3 Å². The van der Waals surface area contributed by atoms with E-state index in [1.165, 1.54) is 0 Å². The fourth-order valence-corrected chi connectivity index (χ4v) is 6.30. The van der Waals surface area contributed by atoms with Gasteiger partial charge in [-0.3, -0.25) is 4.72 Å². The van der Waals surface area contributed by atoms with Crippen molar-refractivity contribution in [1.29, 1.82) is 0 Å². The number of carboxylic acids is 1. The highest BCUT2D eigenvalue weighted by molar-refractivity contribution is 7.92. The van der Waals surface area contributed by atoms with Crippen LogP contribution in [0.3, 0.4) is 0 Å². The minimum Gasteiger partial charge on any atom is -0.493 e. The Morgan fingerprint density at radius 2 is 1.80 bits per heavy atom. The molecule has 1 aliphatic rings. The Bertz CT molecular complexity index is 1500. The minimum absolute atomic E-state index is 0.144. The van der Waals surface area contributed by atoms with Gasteiger partial charge >= 0.3 is 5.97 Å². The van der Waals surface area contributed by atoms with Crippen LogP contribution in [-0.4, -0.2) is 31.7 Å². The molecule has 0 saturated heterocycles. The Morgan fingerprint density at radius 1 is 1.10 bits per heavy atom. The van der Waals surface area contributed by atoms with Gasteiger partial charge in [-0.05, 0) is 118 Å². The number of ether oxygens (including phenoxy) is 2. The molecule has 0 saturated carbocycles. The highest BCUT2D eigenvalue weighted by Crippen LogP contribution is 2.42. The summed E-state index contributed by atoms with van der Waals surface area (Å²) >= 11 is 0. The molecule has 1 heterocycles. The molecule has 0 aliphatic carbocycles. The van der Waals surface area contributed by atoms with Crippen LogP contribution in [0.25, 0.3) is 11.1 Å². The molecule has 40 heavy (non-hydrogen) atoms. The van der Waals surface area contributed by atoms with Crippen molar-refractivity contribution in [3.8, 4) is 16.9 Å². The molecular weight excluding hydrogens is 526 g/mol. The van der Waals surface area contributed by atoms with Crippen LogP contribution in [0.2, 0.25) is 0 Å². The number of benzene rings is 3. The monoisotopic (exact) mass is 565 g/mol. The third-order valence-electron chi connectivity index (χ3n) is 7.00. The molecule has 1 atom stereocenters. The number of aliphatic carboxylic acids is 1. The molecule has 3 aromatic carbocycles. The normalized spacial score (nSPS) is 14.2. The molecule has 3 aromatic rings. The Kier molecular flexibility index (Phi) is 8.61. The third-order valence-corrected chi connectivity index (χ3v) is 8.39. The second-order valence-electron chi connectivity index (χ2n) is 11.4. The van der Waals surface area contributed by atoms with E-state index in [1.807, 2.05) is 37.3 Å². The molecule has 0 bridgehead atoms. The molecule has 1 aliphatic heterocycles. The van der Waals surface area contributed by atoms with Gasteiger partial charge in [-0.25, -0.2) is 13.2 Å². The van der Waals surface area contributed by atoms with E-state index in [-0.39, 0.29) is 4.90 Å². The van der Waals surface area contributed by atoms with Gasteiger partial charge < -0.3 is 14.6 Å². The molecule has 1 unspecified atom stereocenters. The average Bonchev–Trinajstić information content (AvgIpc) is 2.88. The van der Waals surface area contributed by atoms with Gasteiger partial charge in [0, 0.05) is 5.56 Å². The summed E-state index contributed by atoms with van der Waals surface area (Å²) in [6.07, 6.45) is 2.30. The van der Waals surface area contributed by atoms with Crippen LogP contribution >= 0.6 is 0 Å². The third kappa shape index (κ3) is 6.50. The molecule has 0 aromatic heterocycles. The number of hydrogen-bond acceptors (Lipinski definition) is 5. The SMILES string of the molecule is CCCc1ccc(S(=O)(=O)Nc2cc(C)c(-c3ccc4c(c3)CCCO4)c(C(OC(C)(C)C)C(=O)O)c2C)cc1. The summed E-state index contributed by atoms with van der Waals surface area (Å²) in [5, 5.41) is 10.4. The second-order valence-corrected chi connectivity index (χ2v) is 13.1. The Morgan fingerprint density at radius 3 is 2.42 bits per heavy atom. The lowest BCUT2D eigenvalue weighted by Crippen LogP contribution is -2.28. The molecule has 0 spiro atoms.